The lowest BCUT2D eigenvalue weighted by molar-refractivity contribution is 0.432. The lowest BCUT2D eigenvalue weighted by Gasteiger charge is -2.20. The summed E-state index contributed by atoms with van der Waals surface area (Å²) in [5, 5.41) is 3.10. The molecule has 0 unspecified atom stereocenters. The Morgan fingerprint density at radius 2 is 2.25 bits per heavy atom. The molecular weight excluding hydrogens is 98.1 g/mol. The van der Waals surface area contributed by atoms with Crippen LogP contribution in [0.15, 0.2) is 0 Å². The minimum atomic E-state index is 0.519. The van der Waals surface area contributed by atoms with Crippen molar-refractivity contribution >= 4 is 0 Å². The fourth-order valence-electron chi connectivity index (χ4n) is 0.534. The quantitative estimate of drug-likeness (QED) is 0.422. The average molecular weight is 105 g/mol. The van der Waals surface area contributed by atoms with Crippen LogP contribution in [0.3, 0.4) is 0 Å². The molecule has 1 aliphatic rings. The Bertz CT molecular complexity index is 161. The number of nitrogens with one attached hydrogen (secondary N) is 1. The first-order valence-electron chi connectivity index (χ1n) is 2.60. The first-order valence-corrected chi connectivity index (χ1v) is 2.60. The molecule has 1 fully saturated rings. The molecule has 40 valence electrons. The molecular formula is C7H7N. The van der Waals surface area contributed by atoms with Crippen LogP contribution in [0.4, 0.5) is 0 Å². The molecule has 0 bridgehead atoms. The zero-order valence-electron chi connectivity index (χ0n) is 4.57. The van der Waals surface area contributed by atoms with Crippen LogP contribution in [0.2, 0.25) is 0 Å². The van der Waals surface area contributed by atoms with Gasteiger partial charge in [-0.3, -0.25) is 0 Å². The molecule has 1 N–H and O–H groups in total. The highest BCUT2D eigenvalue weighted by Crippen LogP contribution is 1.98. The predicted octanol–water partition coefficient (Wildman–Crippen LogP) is -0.158. The van der Waals surface area contributed by atoms with Gasteiger partial charge in [0, 0.05) is 19.0 Å². The summed E-state index contributed by atoms with van der Waals surface area (Å²) in [7, 11) is 0. The summed E-state index contributed by atoms with van der Waals surface area (Å²) in [4.78, 5) is 0. The Labute approximate surface area is 49.5 Å². The fourth-order valence-corrected chi connectivity index (χ4v) is 0.534. The molecule has 1 aliphatic heterocycles. The van der Waals surface area contributed by atoms with Crippen LogP contribution >= 0.6 is 0 Å². The van der Waals surface area contributed by atoms with Crippen LogP contribution < -0.4 is 5.32 Å². The van der Waals surface area contributed by atoms with Gasteiger partial charge in [-0.2, -0.15) is 0 Å². The van der Waals surface area contributed by atoms with Gasteiger partial charge in [-0.05, 0) is 11.8 Å². The van der Waals surface area contributed by atoms with Gasteiger partial charge in [-0.1, -0.05) is 5.92 Å². The van der Waals surface area contributed by atoms with Crippen LogP contribution in [0, 0.1) is 30.1 Å². The summed E-state index contributed by atoms with van der Waals surface area (Å²) >= 11 is 0. The number of hydrogen-bond donors (Lipinski definition) is 1. The zero-order valence-corrected chi connectivity index (χ0v) is 4.57. The second kappa shape index (κ2) is 2.40. The van der Waals surface area contributed by atoms with E-state index in [0.717, 1.165) is 13.1 Å². The van der Waals surface area contributed by atoms with E-state index in [1.807, 2.05) is 0 Å². The van der Waals surface area contributed by atoms with E-state index in [2.05, 4.69) is 23.1 Å². The van der Waals surface area contributed by atoms with E-state index >= 15 is 0 Å². The number of hydrogen-bond acceptors (Lipinski definition) is 1. The normalized spacial score (nSPS) is 17.4. The molecule has 0 aliphatic carbocycles. The molecule has 0 radical (unpaired) electrons. The standard InChI is InChI=1S/C7H7N/c1-2-3-4-7-5-8-6-7/h1,7-8H,5-6H2. The summed E-state index contributed by atoms with van der Waals surface area (Å²) in [6, 6.07) is 0. The van der Waals surface area contributed by atoms with Gasteiger partial charge in [0.05, 0.1) is 0 Å². The molecule has 1 rings (SSSR count). The predicted molar refractivity (Wildman–Crippen MR) is 33.0 cm³/mol. The number of rotatable bonds is 0. The van der Waals surface area contributed by atoms with Crippen LogP contribution in [0.5, 0.6) is 0 Å². The third-order valence-corrected chi connectivity index (χ3v) is 1.13. The Kier molecular flexibility index (Phi) is 1.57. The van der Waals surface area contributed by atoms with Gasteiger partial charge < -0.3 is 5.32 Å². The highest BCUT2D eigenvalue weighted by Gasteiger charge is 2.12. The summed E-state index contributed by atoms with van der Waals surface area (Å²) in [6.07, 6.45) is 4.91. The van der Waals surface area contributed by atoms with Crippen molar-refractivity contribution < 1.29 is 0 Å². The van der Waals surface area contributed by atoms with Crippen molar-refractivity contribution in [3.63, 3.8) is 0 Å². The molecule has 0 aromatic heterocycles. The van der Waals surface area contributed by atoms with E-state index in [4.69, 9.17) is 6.42 Å². The van der Waals surface area contributed by atoms with Crippen LogP contribution in [-0.4, -0.2) is 13.1 Å². The van der Waals surface area contributed by atoms with E-state index in [1.54, 1.807) is 0 Å². The molecule has 8 heavy (non-hydrogen) atoms. The van der Waals surface area contributed by atoms with Crippen molar-refractivity contribution in [2.24, 2.45) is 5.92 Å². The van der Waals surface area contributed by atoms with E-state index < -0.39 is 0 Å². The Morgan fingerprint density at radius 3 is 2.62 bits per heavy atom. The lowest BCUT2D eigenvalue weighted by Crippen LogP contribution is -2.40. The molecule has 0 spiro atoms. The smallest absolute Gasteiger partial charge is 0.0462 e. The number of terminal acetylenes is 1. The summed E-state index contributed by atoms with van der Waals surface area (Å²) in [5.41, 5.74) is 0. The summed E-state index contributed by atoms with van der Waals surface area (Å²) < 4.78 is 0. The van der Waals surface area contributed by atoms with Gasteiger partial charge in [-0.25, -0.2) is 0 Å². The van der Waals surface area contributed by atoms with Crippen molar-refractivity contribution in [1.29, 1.82) is 0 Å². The SMILES string of the molecule is C#CC#CC1CNC1. The molecule has 1 saturated heterocycles. The topological polar surface area (TPSA) is 12.0 Å². The van der Waals surface area contributed by atoms with E-state index in [1.165, 1.54) is 0 Å². The van der Waals surface area contributed by atoms with Gasteiger partial charge in [0.15, 0.2) is 0 Å². The largest absolute Gasteiger partial charge is 0.314 e. The maximum atomic E-state index is 4.91. The lowest BCUT2D eigenvalue weighted by atomic mass is 10.1. The van der Waals surface area contributed by atoms with Crippen molar-refractivity contribution in [3.05, 3.63) is 0 Å². The first-order chi connectivity index (χ1) is 3.93. The second-order valence-corrected chi connectivity index (χ2v) is 1.77. The summed E-state index contributed by atoms with van der Waals surface area (Å²) in [5.74, 6) is 8.31. The van der Waals surface area contributed by atoms with Gasteiger partial charge in [-0.15, -0.1) is 6.42 Å². The van der Waals surface area contributed by atoms with Crippen molar-refractivity contribution in [1.82, 2.24) is 5.32 Å². The molecule has 1 heteroatoms. The maximum absolute atomic E-state index is 4.91. The molecule has 1 heterocycles. The molecule has 0 atom stereocenters. The maximum Gasteiger partial charge on any atom is 0.0462 e. The van der Waals surface area contributed by atoms with Crippen LogP contribution in [0.1, 0.15) is 0 Å². The van der Waals surface area contributed by atoms with Gasteiger partial charge in [0.25, 0.3) is 0 Å². The van der Waals surface area contributed by atoms with Crippen molar-refractivity contribution in [2.75, 3.05) is 13.1 Å². The van der Waals surface area contributed by atoms with Gasteiger partial charge >= 0.3 is 0 Å². The van der Waals surface area contributed by atoms with Gasteiger partial charge in [0.1, 0.15) is 0 Å². The first kappa shape index (κ1) is 5.22. The highest BCUT2D eigenvalue weighted by atomic mass is 14.9. The molecule has 0 aromatic rings. The third-order valence-electron chi connectivity index (χ3n) is 1.13. The Morgan fingerprint density at radius 1 is 1.50 bits per heavy atom. The van der Waals surface area contributed by atoms with E-state index in [-0.39, 0.29) is 0 Å². The zero-order chi connectivity index (χ0) is 5.82. The van der Waals surface area contributed by atoms with Crippen molar-refractivity contribution in [2.45, 2.75) is 0 Å². The highest BCUT2D eigenvalue weighted by molar-refractivity contribution is 5.24. The van der Waals surface area contributed by atoms with Crippen LogP contribution in [-0.2, 0) is 0 Å². The molecule has 0 saturated carbocycles. The van der Waals surface area contributed by atoms with Gasteiger partial charge in [0.2, 0.25) is 0 Å². The van der Waals surface area contributed by atoms with Crippen LogP contribution in [0.25, 0.3) is 0 Å². The monoisotopic (exact) mass is 105 g/mol. The van der Waals surface area contributed by atoms with E-state index in [0.29, 0.717) is 5.92 Å². The fraction of sp³-hybridized carbons (Fsp3) is 0.429. The molecule has 0 amide bonds. The average Bonchev–Trinajstić information content (AvgIpc) is 1.63. The minimum absolute atomic E-state index is 0.519. The Hall–Kier alpha value is -0.920. The second-order valence-electron chi connectivity index (χ2n) is 1.77. The van der Waals surface area contributed by atoms with E-state index in [9.17, 15) is 0 Å². The Balaban J connectivity index is 2.29. The summed E-state index contributed by atoms with van der Waals surface area (Å²) in [6.45, 7) is 2.02. The minimum Gasteiger partial charge on any atom is -0.314 e. The third kappa shape index (κ3) is 1.03. The molecule has 1 nitrogen and oxygen atoms in total. The molecule has 0 aromatic carbocycles. The van der Waals surface area contributed by atoms with Crippen molar-refractivity contribution in [3.8, 4) is 24.2 Å².